The Bertz CT molecular complexity index is 976. The van der Waals surface area contributed by atoms with Crippen molar-refractivity contribution in [3.63, 3.8) is 0 Å². The van der Waals surface area contributed by atoms with Gasteiger partial charge in [0.25, 0.3) is 11.4 Å². The lowest BCUT2D eigenvalue weighted by Gasteiger charge is -2.21. The lowest BCUT2D eigenvalue weighted by molar-refractivity contribution is 0.00479. The summed E-state index contributed by atoms with van der Waals surface area (Å²) >= 11 is 0. The Morgan fingerprint density at radius 1 is 1.28 bits per heavy atom. The monoisotopic (exact) mass is 343 g/mol. The largest absolute Gasteiger partial charge is 0.378 e. The molecule has 0 aliphatic carbocycles. The zero-order valence-electron chi connectivity index (χ0n) is 14.2. The molecule has 1 N–H and O–H groups in total. The highest BCUT2D eigenvalue weighted by atomic mass is 19.1. The number of hydrogen-bond acceptors (Lipinski definition) is 5. The Labute approximate surface area is 143 Å². The molecule has 3 aromatic rings. The van der Waals surface area contributed by atoms with E-state index in [0.29, 0.717) is 16.8 Å². The number of aromatic nitrogens is 3. The normalized spacial score (nSPS) is 13.6. The molecule has 0 radical (unpaired) electrons. The molecule has 2 aromatic heterocycles. The highest BCUT2D eigenvalue weighted by Gasteiger charge is 2.32. The van der Waals surface area contributed by atoms with Gasteiger partial charge >= 0.3 is 0 Å². The molecule has 7 heteroatoms. The van der Waals surface area contributed by atoms with Crippen LogP contribution in [0, 0.1) is 19.7 Å². The maximum atomic E-state index is 13.4. The number of hydrogen-bond donors (Lipinski definition) is 1. The molecule has 1 atom stereocenters. The van der Waals surface area contributed by atoms with Gasteiger partial charge in [-0.15, -0.1) is 0 Å². The molecular formula is C18H18FN3O3. The Morgan fingerprint density at radius 2 is 2.04 bits per heavy atom. The predicted molar refractivity (Wildman–Crippen MR) is 89.4 cm³/mol. The molecule has 25 heavy (non-hydrogen) atoms. The van der Waals surface area contributed by atoms with Gasteiger partial charge in [-0.3, -0.25) is 4.79 Å². The van der Waals surface area contributed by atoms with Crippen LogP contribution in [0.1, 0.15) is 24.1 Å². The second-order valence-corrected chi connectivity index (χ2v) is 6.25. The minimum Gasteiger partial charge on any atom is -0.378 e. The van der Waals surface area contributed by atoms with E-state index in [-0.39, 0.29) is 29.6 Å². The van der Waals surface area contributed by atoms with E-state index in [1.54, 1.807) is 32.0 Å². The van der Waals surface area contributed by atoms with Gasteiger partial charge in [0.1, 0.15) is 5.82 Å². The fourth-order valence-corrected chi connectivity index (χ4v) is 2.54. The number of benzene rings is 1. The maximum absolute atomic E-state index is 13.4. The average Bonchev–Trinajstić information content (AvgIpc) is 3.05. The smallest absolute Gasteiger partial charge is 0.260 e. The summed E-state index contributed by atoms with van der Waals surface area (Å²) in [4.78, 5) is 16.2. The molecule has 2 heterocycles. The van der Waals surface area contributed by atoms with E-state index >= 15 is 0 Å². The van der Waals surface area contributed by atoms with Gasteiger partial charge in [0.15, 0.2) is 5.60 Å². The number of halogens is 1. The van der Waals surface area contributed by atoms with Crippen molar-refractivity contribution in [2.75, 3.05) is 0 Å². The topological polar surface area (TPSA) is 81.2 Å². The van der Waals surface area contributed by atoms with E-state index < -0.39 is 5.60 Å². The molecule has 0 saturated carbocycles. The van der Waals surface area contributed by atoms with Crippen LogP contribution in [0.3, 0.4) is 0 Å². The summed E-state index contributed by atoms with van der Waals surface area (Å²) in [5.41, 5.74) is -0.00771. The molecular weight excluding hydrogens is 325 g/mol. The van der Waals surface area contributed by atoms with Crippen molar-refractivity contribution in [3.05, 3.63) is 69.7 Å². The van der Waals surface area contributed by atoms with Gasteiger partial charge in [0, 0.05) is 17.3 Å². The van der Waals surface area contributed by atoms with Gasteiger partial charge in [-0.25, -0.2) is 4.39 Å². The van der Waals surface area contributed by atoms with Crippen LogP contribution in [0.25, 0.3) is 11.4 Å². The summed E-state index contributed by atoms with van der Waals surface area (Å²) in [6.07, 6.45) is 0. The quantitative estimate of drug-likeness (QED) is 0.787. The first-order valence-electron chi connectivity index (χ1n) is 7.77. The van der Waals surface area contributed by atoms with Crippen molar-refractivity contribution in [3.8, 4) is 11.4 Å². The van der Waals surface area contributed by atoms with Crippen molar-refractivity contribution in [2.45, 2.75) is 32.9 Å². The average molecular weight is 343 g/mol. The van der Waals surface area contributed by atoms with Crippen LogP contribution in [0.2, 0.25) is 0 Å². The van der Waals surface area contributed by atoms with Crippen molar-refractivity contribution in [2.24, 2.45) is 0 Å². The summed E-state index contributed by atoms with van der Waals surface area (Å²) in [6, 6.07) is 9.32. The molecule has 130 valence electrons. The lowest BCUT2D eigenvalue weighted by Crippen LogP contribution is -2.34. The number of aliphatic hydroxyl groups is 1. The molecule has 3 rings (SSSR count). The van der Waals surface area contributed by atoms with Crippen LogP contribution in [0.5, 0.6) is 0 Å². The van der Waals surface area contributed by atoms with Gasteiger partial charge in [-0.2, -0.15) is 4.98 Å². The van der Waals surface area contributed by atoms with Crippen LogP contribution in [-0.2, 0) is 12.1 Å². The lowest BCUT2D eigenvalue weighted by atomic mass is 10.1. The predicted octanol–water partition coefficient (Wildman–Crippen LogP) is 2.56. The summed E-state index contributed by atoms with van der Waals surface area (Å²) in [6.45, 7) is 4.89. The second-order valence-electron chi connectivity index (χ2n) is 6.25. The first-order valence-corrected chi connectivity index (χ1v) is 7.77. The third kappa shape index (κ3) is 3.36. The third-order valence-corrected chi connectivity index (χ3v) is 4.04. The first-order chi connectivity index (χ1) is 11.8. The van der Waals surface area contributed by atoms with Crippen molar-refractivity contribution >= 4 is 0 Å². The summed E-state index contributed by atoms with van der Waals surface area (Å²) in [5, 5.41) is 14.6. The van der Waals surface area contributed by atoms with E-state index in [2.05, 4.69) is 10.1 Å². The van der Waals surface area contributed by atoms with E-state index in [9.17, 15) is 14.3 Å². The van der Waals surface area contributed by atoms with Crippen LogP contribution < -0.4 is 5.56 Å². The maximum Gasteiger partial charge on any atom is 0.260 e. The second kappa shape index (κ2) is 6.25. The van der Waals surface area contributed by atoms with Gasteiger partial charge in [0.05, 0.1) is 6.54 Å². The molecule has 0 aliphatic rings. The number of nitrogens with zero attached hydrogens (tertiary/aromatic N) is 3. The molecule has 1 aromatic carbocycles. The van der Waals surface area contributed by atoms with Crippen LogP contribution in [0.15, 0.2) is 45.7 Å². The van der Waals surface area contributed by atoms with Gasteiger partial charge < -0.3 is 14.2 Å². The van der Waals surface area contributed by atoms with Gasteiger partial charge in [-0.1, -0.05) is 11.2 Å². The third-order valence-electron chi connectivity index (χ3n) is 4.04. The molecule has 0 amide bonds. The number of aryl methyl sites for hydroxylation is 2. The van der Waals surface area contributed by atoms with E-state index in [1.807, 2.05) is 0 Å². The number of pyridine rings is 1. The fourth-order valence-electron chi connectivity index (χ4n) is 2.54. The highest BCUT2D eigenvalue weighted by Crippen LogP contribution is 2.25. The Kier molecular flexibility index (Phi) is 4.26. The van der Waals surface area contributed by atoms with Crippen molar-refractivity contribution in [1.29, 1.82) is 0 Å². The number of rotatable bonds is 4. The molecule has 0 fully saturated rings. The zero-order valence-corrected chi connectivity index (χ0v) is 14.2. The van der Waals surface area contributed by atoms with Crippen LogP contribution in [0.4, 0.5) is 4.39 Å². The van der Waals surface area contributed by atoms with E-state index in [0.717, 1.165) is 0 Å². The molecule has 6 nitrogen and oxygen atoms in total. The van der Waals surface area contributed by atoms with Crippen molar-refractivity contribution < 1.29 is 14.0 Å². The molecule has 0 saturated heterocycles. The Balaban J connectivity index is 1.92. The van der Waals surface area contributed by atoms with Gasteiger partial charge in [0.2, 0.25) is 5.82 Å². The minimum atomic E-state index is -1.53. The molecule has 0 aliphatic heterocycles. The summed E-state index contributed by atoms with van der Waals surface area (Å²) < 4.78 is 20.0. The van der Waals surface area contributed by atoms with Crippen LogP contribution >= 0.6 is 0 Å². The Hall–Kier alpha value is -2.80. The summed E-state index contributed by atoms with van der Waals surface area (Å²) in [5.74, 6) is -0.0893. The van der Waals surface area contributed by atoms with Crippen LogP contribution in [-0.4, -0.2) is 19.8 Å². The van der Waals surface area contributed by atoms with E-state index in [1.165, 1.54) is 29.7 Å². The Morgan fingerprint density at radius 3 is 2.72 bits per heavy atom. The standard InChI is InChI=1S/C18H18FN3O3/c1-11-9-13(7-8-14(11)19)16-20-17(25-21-16)18(3,24)10-22-12(2)5-4-6-15(22)23/h4-9,24H,10H2,1-3H3/t18-/m1/s1. The molecule has 0 unspecified atom stereocenters. The highest BCUT2D eigenvalue weighted by molar-refractivity contribution is 5.55. The molecule has 0 bridgehead atoms. The fraction of sp³-hybridized carbons (Fsp3) is 0.278. The molecule has 0 spiro atoms. The van der Waals surface area contributed by atoms with Crippen molar-refractivity contribution in [1.82, 2.24) is 14.7 Å². The van der Waals surface area contributed by atoms with Gasteiger partial charge in [-0.05, 0) is 50.6 Å². The minimum absolute atomic E-state index is 0.0142. The first kappa shape index (κ1) is 17.0. The summed E-state index contributed by atoms with van der Waals surface area (Å²) in [7, 11) is 0. The zero-order chi connectivity index (χ0) is 18.2. The SMILES string of the molecule is Cc1cc(-c2noc([C@](C)(O)Cn3c(C)cccc3=O)n2)ccc1F. The van der Waals surface area contributed by atoms with E-state index in [4.69, 9.17) is 4.52 Å².